The van der Waals surface area contributed by atoms with E-state index in [9.17, 15) is 9.60 Å². The van der Waals surface area contributed by atoms with Crippen LogP contribution in [0.5, 0.6) is 0 Å². The van der Waals surface area contributed by atoms with E-state index >= 15 is 0 Å². The van der Waals surface area contributed by atoms with E-state index in [0.717, 1.165) is 28.0 Å². The average Bonchev–Trinajstić information content (AvgIpc) is 3.18. The lowest BCUT2D eigenvalue weighted by atomic mass is 9.97. The first kappa shape index (κ1) is 20.1. The van der Waals surface area contributed by atoms with Gasteiger partial charge in [0.25, 0.3) is 0 Å². The summed E-state index contributed by atoms with van der Waals surface area (Å²) < 4.78 is 13.4. The van der Waals surface area contributed by atoms with Gasteiger partial charge in [0.1, 0.15) is 5.82 Å². The Morgan fingerprint density at radius 2 is 2.07 bits per heavy atom. The first-order valence-corrected chi connectivity index (χ1v) is 9.81. The van der Waals surface area contributed by atoms with Crippen LogP contribution in [0.3, 0.4) is 0 Å². The summed E-state index contributed by atoms with van der Waals surface area (Å²) in [4.78, 5) is 13.1. The summed E-state index contributed by atoms with van der Waals surface area (Å²) in [6.45, 7) is 1.31. The molecule has 4 rings (SSSR count). The zero-order valence-electron chi connectivity index (χ0n) is 16.0. The number of rotatable bonds is 7. The Morgan fingerprint density at radius 3 is 2.83 bits per heavy atom. The number of aliphatic imine (C=N–C) groups is 1. The number of oxime groups is 1. The van der Waals surface area contributed by atoms with E-state index < -0.39 is 5.82 Å². The van der Waals surface area contributed by atoms with E-state index in [1.807, 2.05) is 18.3 Å². The molecule has 0 fully saturated rings. The van der Waals surface area contributed by atoms with Crippen molar-refractivity contribution in [2.45, 2.75) is 19.4 Å². The summed E-state index contributed by atoms with van der Waals surface area (Å²) in [6.07, 6.45) is 6.13. The predicted octanol–water partition coefficient (Wildman–Crippen LogP) is 4.11. The molecular weight excluding hydrogens is 405 g/mol. The second-order valence-corrected chi connectivity index (χ2v) is 7.36. The summed E-state index contributed by atoms with van der Waals surface area (Å²) in [5.41, 5.74) is 4.94. The van der Waals surface area contributed by atoms with Crippen LogP contribution in [0.1, 0.15) is 22.3 Å². The van der Waals surface area contributed by atoms with Crippen LogP contribution in [0.15, 0.2) is 65.1 Å². The van der Waals surface area contributed by atoms with Crippen LogP contribution in [0.25, 0.3) is 0 Å². The zero-order chi connectivity index (χ0) is 20.9. The molecule has 1 aromatic carbocycles. The van der Waals surface area contributed by atoms with Gasteiger partial charge in [-0.15, -0.1) is 0 Å². The van der Waals surface area contributed by atoms with Crippen molar-refractivity contribution < 1.29 is 9.60 Å². The van der Waals surface area contributed by atoms with E-state index in [1.165, 1.54) is 12.1 Å². The first-order valence-electron chi connectivity index (χ1n) is 9.43. The SMILES string of the molecule is O/N=C(\Cc1ccc(F)c(Cl)c1)c1ccnc2c1CC(CNCc1cccnc1)=N2. The quantitative estimate of drug-likeness (QED) is 0.340. The lowest BCUT2D eigenvalue weighted by Crippen LogP contribution is -2.23. The molecule has 0 atom stereocenters. The van der Waals surface area contributed by atoms with Crippen LogP contribution >= 0.6 is 11.6 Å². The molecule has 0 saturated carbocycles. The largest absolute Gasteiger partial charge is 0.411 e. The molecule has 3 aromatic rings. The van der Waals surface area contributed by atoms with Crippen molar-refractivity contribution in [1.82, 2.24) is 15.3 Å². The average molecular weight is 424 g/mol. The second kappa shape index (κ2) is 9.11. The van der Waals surface area contributed by atoms with Crippen LogP contribution in [-0.2, 0) is 19.4 Å². The van der Waals surface area contributed by atoms with Gasteiger partial charge in [-0.2, -0.15) is 0 Å². The maximum atomic E-state index is 13.4. The van der Waals surface area contributed by atoms with Crippen molar-refractivity contribution in [1.29, 1.82) is 0 Å². The Morgan fingerprint density at radius 1 is 1.17 bits per heavy atom. The third-order valence-electron chi connectivity index (χ3n) is 4.85. The number of pyridine rings is 2. The first-order chi connectivity index (χ1) is 14.6. The predicted molar refractivity (Wildman–Crippen MR) is 114 cm³/mol. The van der Waals surface area contributed by atoms with Crippen molar-refractivity contribution >= 4 is 28.8 Å². The van der Waals surface area contributed by atoms with E-state index in [-0.39, 0.29) is 5.02 Å². The number of hydrogen-bond donors (Lipinski definition) is 2. The number of nitrogens with zero attached hydrogens (tertiary/aromatic N) is 4. The van der Waals surface area contributed by atoms with Crippen molar-refractivity contribution in [2.24, 2.45) is 10.1 Å². The highest BCUT2D eigenvalue weighted by atomic mass is 35.5. The monoisotopic (exact) mass is 423 g/mol. The molecule has 0 aliphatic carbocycles. The highest BCUT2D eigenvalue weighted by Crippen LogP contribution is 2.28. The Hall–Kier alpha value is -3.16. The molecule has 2 aromatic heterocycles. The van der Waals surface area contributed by atoms with Gasteiger partial charge in [0.05, 0.1) is 10.7 Å². The molecule has 0 bridgehead atoms. The molecule has 3 heterocycles. The van der Waals surface area contributed by atoms with Crippen LogP contribution in [0, 0.1) is 5.82 Å². The van der Waals surface area contributed by atoms with Gasteiger partial charge in [-0.05, 0) is 35.4 Å². The third-order valence-corrected chi connectivity index (χ3v) is 5.14. The normalized spacial score (nSPS) is 13.3. The lowest BCUT2D eigenvalue weighted by Gasteiger charge is -2.10. The van der Waals surface area contributed by atoms with Gasteiger partial charge >= 0.3 is 0 Å². The van der Waals surface area contributed by atoms with Gasteiger partial charge in [0.15, 0.2) is 5.82 Å². The highest BCUT2D eigenvalue weighted by molar-refractivity contribution is 6.30. The van der Waals surface area contributed by atoms with Crippen molar-refractivity contribution in [3.05, 3.63) is 88.1 Å². The van der Waals surface area contributed by atoms with E-state index in [0.29, 0.717) is 37.5 Å². The fourth-order valence-corrected chi connectivity index (χ4v) is 3.60. The zero-order valence-corrected chi connectivity index (χ0v) is 16.8. The van der Waals surface area contributed by atoms with Crippen molar-refractivity contribution in [2.75, 3.05) is 6.54 Å². The minimum Gasteiger partial charge on any atom is -0.411 e. The molecule has 152 valence electrons. The van der Waals surface area contributed by atoms with Gasteiger partial charge < -0.3 is 10.5 Å². The number of fused-ring (bicyclic) bond motifs is 1. The number of hydrogen-bond acceptors (Lipinski definition) is 6. The van der Waals surface area contributed by atoms with Gasteiger partial charge in [-0.1, -0.05) is 28.9 Å². The summed E-state index contributed by atoms with van der Waals surface area (Å²) in [7, 11) is 0. The Bertz CT molecular complexity index is 1120. The molecule has 0 amide bonds. The smallest absolute Gasteiger partial charge is 0.156 e. The molecule has 2 N–H and O–H groups in total. The summed E-state index contributed by atoms with van der Waals surface area (Å²) in [5.74, 6) is 0.147. The van der Waals surface area contributed by atoms with Gasteiger partial charge in [0.2, 0.25) is 0 Å². The molecule has 0 saturated heterocycles. The topological polar surface area (TPSA) is 82.8 Å². The minimum absolute atomic E-state index is 0.0371. The van der Waals surface area contributed by atoms with Gasteiger partial charge in [0, 0.05) is 61.4 Å². The number of aromatic nitrogens is 2. The Kier molecular flexibility index (Phi) is 6.11. The molecule has 1 aliphatic rings. The van der Waals surface area contributed by atoms with Gasteiger partial charge in [-0.3, -0.25) is 4.98 Å². The molecule has 0 spiro atoms. The van der Waals surface area contributed by atoms with Crippen LogP contribution in [0.2, 0.25) is 5.02 Å². The lowest BCUT2D eigenvalue weighted by molar-refractivity contribution is 0.318. The summed E-state index contributed by atoms with van der Waals surface area (Å²) in [5, 5.41) is 16.5. The maximum absolute atomic E-state index is 13.4. The van der Waals surface area contributed by atoms with E-state index in [4.69, 9.17) is 11.6 Å². The molecule has 8 heteroatoms. The molecule has 6 nitrogen and oxygen atoms in total. The Balaban J connectivity index is 1.46. The van der Waals surface area contributed by atoms with Gasteiger partial charge in [-0.25, -0.2) is 14.4 Å². The third kappa shape index (κ3) is 4.53. The van der Waals surface area contributed by atoms with E-state index in [1.54, 1.807) is 24.5 Å². The molecule has 30 heavy (non-hydrogen) atoms. The molecule has 0 unspecified atom stereocenters. The number of nitrogens with one attached hydrogen (secondary N) is 1. The maximum Gasteiger partial charge on any atom is 0.156 e. The molecule has 0 radical (unpaired) electrons. The molecule has 1 aliphatic heterocycles. The summed E-state index contributed by atoms with van der Waals surface area (Å²) >= 11 is 5.88. The van der Waals surface area contributed by atoms with Crippen LogP contribution in [-0.4, -0.2) is 33.1 Å². The molecular formula is C22H19ClFN5O. The standard InChI is InChI=1S/C22H19ClFN5O/c23-19-8-14(3-4-20(19)24)9-21(29-30)17-5-7-27-22-18(17)10-16(28-22)13-26-12-15-2-1-6-25-11-15/h1-8,11,26,30H,9-10,12-13H2/b29-21+. The number of halogens is 2. The van der Waals surface area contributed by atoms with Crippen LogP contribution in [0.4, 0.5) is 10.2 Å². The summed E-state index contributed by atoms with van der Waals surface area (Å²) in [6, 6.07) is 10.2. The highest BCUT2D eigenvalue weighted by Gasteiger charge is 2.22. The number of benzene rings is 1. The fourth-order valence-electron chi connectivity index (χ4n) is 3.40. The Labute approximate surface area is 178 Å². The van der Waals surface area contributed by atoms with Crippen molar-refractivity contribution in [3.63, 3.8) is 0 Å². The van der Waals surface area contributed by atoms with Crippen molar-refractivity contribution in [3.8, 4) is 0 Å². The fraction of sp³-hybridized carbons (Fsp3) is 0.182. The van der Waals surface area contributed by atoms with E-state index in [2.05, 4.69) is 25.4 Å². The van der Waals surface area contributed by atoms with Crippen LogP contribution < -0.4 is 5.32 Å². The minimum atomic E-state index is -0.482. The second-order valence-electron chi connectivity index (χ2n) is 6.95.